The van der Waals surface area contributed by atoms with Crippen LogP contribution in [0.3, 0.4) is 0 Å². The first-order valence-electron chi connectivity index (χ1n) is 22.0. The number of benzene rings is 5. The molecule has 1 heterocycles. The molecule has 0 aromatic heterocycles. The number of nitrogens with zero attached hydrogens (tertiary/aromatic N) is 5. The van der Waals surface area contributed by atoms with Gasteiger partial charge in [-0.1, -0.05) is 154 Å². The van der Waals surface area contributed by atoms with Gasteiger partial charge < -0.3 is 25.5 Å². The Kier molecular flexibility index (Phi) is 13.4. The van der Waals surface area contributed by atoms with E-state index in [1.165, 1.54) is 0 Å². The van der Waals surface area contributed by atoms with Crippen LogP contribution in [0.15, 0.2) is 85.6 Å². The molecule has 0 radical (unpaired) electrons. The summed E-state index contributed by atoms with van der Waals surface area (Å²) in [5, 5.41) is 64.3. The number of phenols is 5. The van der Waals surface area contributed by atoms with E-state index < -0.39 is 40.4 Å². The van der Waals surface area contributed by atoms with Crippen LogP contribution >= 0.6 is 0 Å². The number of rotatable bonds is 5. The van der Waals surface area contributed by atoms with Crippen LogP contribution < -0.4 is 25.9 Å². The van der Waals surface area contributed by atoms with Crippen molar-refractivity contribution in [3.63, 3.8) is 0 Å². The van der Waals surface area contributed by atoms with Crippen LogP contribution in [0.4, 0.5) is 28.4 Å². The first-order chi connectivity index (χ1) is 29.9. The summed E-state index contributed by atoms with van der Waals surface area (Å²) in [5.74, 6) is -0.470. The topological polar surface area (TPSA) is 163 Å². The molecular weight excluding hydrogens is 891 g/mol. The maximum atomic E-state index is 11.8. The summed E-state index contributed by atoms with van der Waals surface area (Å²) in [4.78, 5) is 24.0. The molecule has 0 atom stereocenters. The second-order valence-corrected chi connectivity index (χ2v) is 47.6. The second-order valence-electron chi connectivity index (χ2n) is 22.2. The highest BCUT2D eigenvalue weighted by atomic mass is 28.3. The maximum absolute atomic E-state index is 11.8. The van der Waals surface area contributed by atoms with Gasteiger partial charge in [-0.2, -0.15) is 0 Å². The molecule has 0 saturated carbocycles. The smallest absolute Gasteiger partial charge is 0.149 e. The summed E-state index contributed by atoms with van der Waals surface area (Å²) >= 11 is 0. The van der Waals surface area contributed by atoms with E-state index in [9.17, 15) is 25.5 Å². The molecule has 15 heteroatoms. The minimum Gasteiger partial charge on any atom is -0.505 e. The van der Waals surface area contributed by atoms with Crippen molar-refractivity contribution < 1.29 is 25.5 Å². The highest BCUT2D eigenvalue weighted by molar-refractivity contribution is 6.90. The van der Waals surface area contributed by atoms with E-state index >= 15 is 0 Å². The van der Waals surface area contributed by atoms with E-state index in [4.69, 9.17) is 25.0 Å². The minimum absolute atomic E-state index is 0.0939. The number of phenolic OH excluding ortho intramolecular Hbond substituents is 5. The molecule has 10 bridgehead atoms. The van der Waals surface area contributed by atoms with E-state index in [0.29, 0.717) is 56.3 Å². The maximum Gasteiger partial charge on any atom is 0.149 e. The fourth-order valence-corrected chi connectivity index (χ4v) is 12.8. The van der Waals surface area contributed by atoms with Crippen molar-refractivity contribution in [3.8, 4) is 28.7 Å². The third-order valence-electron chi connectivity index (χ3n) is 11.6. The molecule has 5 N–H and O–H groups in total. The monoisotopic (exact) mass is 955 g/mol. The van der Waals surface area contributed by atoms with E-state index in [1.54, 1.807) is 31.1 Å². The molecule has 0 amide bonds. The molecule has 0 unspecified atom stereocenters. The fraction of sp³-hybridized carbons (Fsp3) is 0.300. The number of aliphatic imine (C=N–C) groups is 5. The molecular formula is C50H65N5O5Si5. The summed E-state index contributed by atoms with van der Waals surface area (Å²) in [6.45, 7) is 33.2. The predicted molar refractivity (Wildman–Crippen MR) is 292 cm³/mol. The lowest BCUT2D eigenvalue weighted by Crippen LogP contribution is -2.37. The fourth-order valence-electron chi connectivity index (χ4n) is 7.05. The number of hydrogen-bond donors (Lipinski definition) is 5. The molecule has 1 aliphatic rings. The molecule has 6 rings (SSSR count). The molecule has 1 aliphatic heterocycles. The molecule has 0 aliphatic carbocycles. The van der Waals surface area contributed by atoms with Gasteiger partial charge in [-0.15, -0.1) is 0 Å². The van der Waals surface area contributed by atoms with Gasteiger partial charge in [0.2, 0.25) is 0 Å². The number of aromatic hydroxyl groups is 5. The Balaban J connectivity index is 1.71. The molecule has 0 fully saturated rings. The molecule has 5 aromatic rings. The van der Waals surface area contributed by atoms with Crippen LogP contribution in [0, 0.1) is 0 Å². The zero-order chi connectivity index (χ0) is 48.2. The Bertz CT molecular complexity index is 2270. The number of hydrogen-bond acceptors (Lipinski definition) is 10. The molecule has 10 nitrogen and oxygen atoms in total. The third kappa shape index (κ3) is 11.1. The largest absolute Gasteiger partial charge is 0.505 e. The zero-order valence-corrected chi connectivity index (χ0v) is 45.6. The summed E-state index contributed by atoms with van der Waals surface area (Å²) in [6, 6.07) is 19.1. The number of fused-ring (bicyclic) bond motifs is 10. The lowest BCUT2D eigenvalue weighted by molar-refractivity contribution is 0.474. The standard InChI is InChI=1S/C50H65N5O5Si5/c1-61(2,3)36-16-31-26-52-42-22-38(63(7,8)9)18-33(48(42)58)28-54-44-24-40(65(13,14)15)20-35(50(44)60)30-55-45-25-39(64(10,11)12)19-34(49(45)59)29-53-43-23-37(62(4,5)6)17-32(47(43)57)27-51-41(21-36)46(31)56/h16-30,56-60H,1-15H3. The minimum atomic E-state index is -1.99. The lowest BCUT2D eigenvalue weighted by atomic mass is 10.1. The highest BCUT2D eigenvalue weighted by Crippen LogP contribution is 2.37. The van der Waals surface area contributed by atoms with Crippen molar-refractivity contribution in [2.75, 3.05) is 0 Å². The van der Waals surface area contributed by atoms with Gasteiger partial charge in [0.05, 0.1) is 40.4 Å². The Morgan fingerprint density at radius 2 is 0.385 bits per heavy atom. The molecule has 340 valence electrons. The van der Waals surface area contributed by atoms with Crippen LogP contribution in [-0.2, 0) is 0 Å². The molecule has 0 saturated heterocycles. The quantitative estimate of drug-likeness (QED) is 0.109. The van der Waals surface area contributed by atoms with Crippen molar-refractivity contribution in [2.24, 2.45) is 25.0 Å². The summed E-state index contributed by atoms with van der Waals surface area (Å²) in [7, 11) is -9.95. The third-order valence-corrected chi connectivity index (χ3v) is 21.7. The normalized spacial score (nSPS) is 13.8. The Labute approximate surface area is 389 Å². The lowest BCUT2D eigenvalue weighted by Gasteiger charge is -2.20. The molecule has 5 aromatic carbocycles. The van der Waals surface area contributed by atoms with Gasteiger partial charge in [0.25, 0.3) is 0 Å². The van der Waals surface area contributed by atoms with Gasteiger partial charge in [0, 0.05) is 58.9 Å². The second kappa shape index (κ2) is 17.7. The van der Waals surface area contributed by atoms with Crippen molar-refractivity contribution in [2.45, 2.75) is 98.2 Å². The SMILES string of the molecule is C[Si](C)(C)c1cc2c(O)c(c1)N=Cc1cc([Si](C)(C)C)cc(c1O)N=Cc1cc([Si](C)(C)C)cc(c1O)N=Cc1cc([Si](C)(C)C)cc(c1O)N=Cc1cc([Si](C)(C)C)cc(c1O)N=C2. The van der Waals surface area contributed by atoms with Gasteiger partial charge in [0.15, 0.2) is 0 Å². The Morgan fingerprint density at radius 3 is 0.508 bits per heavy atom. The van der Waals surface area contributed by atoms with E-state index in [0.717, 1.165) is 25.9 Å². The summed E-state index contributed by atoms with van der Waals surface area (Å²) < 4.78 is 0. The average molecular weight is 957 g/mol. The first kappa shape index (κ1) is 49.0. The van der Waals surface area contributed by atoms with Crippen LogP contribution in [0.2, 0.25) is 98.2 Å². The van der Waals surface area contributed by atoms with Gasteiger partial charge in [-0.3, -0.25) is 25.0 Å². The van der Waals surface area contributed by atoms with E-state index in [2.05, 4.69) is 98.2 Å². The predicted octanol–water partition coefficient (Wildman–Crippen LogP) is 10.0. The summed E-state index contributed by atoms with van der Waals surface area (Å²) in [5.41, 5.74) is 3.73. The Hall–Kier alpha value is -5.47. The van der Waals surface area contributed by atoms with Crippen LogP contribution in [0.1, 0.15) is 27.8 Å². The van der Waals surface area contributed by atoms with Gasteiger partial charge in [0.1, 0.15) is 57.2 Å². The highest BCUT2D eigenvalue weighted by Gasteiger charge is 2.26. The van der Waals surface area contributed by atoms with Gasteiger partial charge >= 0.3 is 0 Å². The molecule has 65 heavy (non-hydrogen) atoms. The van der Waals surface area contributed by atoms with Crippen LogP contribution in [0.25, 0.3) is 0 Å². The van der Waals surface area contributed by atoms with E-state index in [1.807, 2.05) is 60.7 Å². The van der Waals surface area contributed by atoms with Crippen LogP contribution in [-0.4, -0.2) is 97.0 Å². The van der Waals surface area contributed by atoms with Crippen molar-refractivity contribution in [1.82, 2.24) is 0 Å². The van der Waals surface area contributed by atoms with Crippen LogP contribution in [0.5, 0.6) is 28.7 Å². The van der Waals surface area contributed by atoms with Gasteiger partial charge in [-0.25, -0.2) is 0 Å². The van der Waals surface area contributed by atoms with Crippen molar-refractivity contribution in [3.05, 3.63) is 88.5 Å². The van der Waals surface area contributed by atoms with Gasteiger partial charge in [-0.05, 0) is 30.3 Å². The average Bonchev–Trinajstić information content (AvgIpc) is 3.18. The van der Waals surface area contributed by atoms with Crippen molar-refractivity contribution in [1.29, 1.82) is 0 Å². The first-order valence-corrected chi connectivity index (χ1v) is 39.5. The van der Waals surface area contributed by atoms with Crippen molar-refractivity contribution >= 4 is 126 Å². The van der Waals surface area contributed by atoms with E-state index in [-0.39, 0.29) is 28.7 Å². The Morgan fingerprint density at radius 1 is 0.246 bits per heavy atom. The summed E-state index contributed by atoms with van der Waals surface area (Å²) in [6.07, 6.45) is 7.81. The zero-order valence-electron chi connectivity index (χ0n) is 40.6. The molecule has 0 spiro atoms.